The van der Waals surface area contributed by atoms with Gasteiger partial charge in [-0.25, -0.2) is 4.98 Å². The second-order valence-electron chi connectivity index (χ2n) is 8.17. The predicted molar refractivity (Wildman–Crippen MR) is 128 cm³/mol. The Hall–Kier alpha value is -2.47. The molecule has 0 unspecified atom stereocenters. The largest absolute Gasteiger partial charge is 0.384 e. The van der Waals surface area contributed by atoms with Crippen molar-refractivity contribution in [2.75, 3.05) is 29.9 Å². The van der Waals surface area contributed by atoms with E-state index in [0.717, 1.165) is 85.9 Å². The number of pyridine rings is 1. The number of hydrogen-bond acceptors (Lipinski definition) is 6. The smallest absolute Gasteiger partial charge is 0.228 e. The summed E-state index contributed by atoms with van der Waals surface area (Å²) < 4.78 is 0. The van der Waals surface area contributed by atoms with Crippen LogP contribution < -0.4 is 10.2 Å². The van der Waals surface area contributed by atoms with E-state index in [0.29, 0.717) is 5.02 Å². The van der Waals surface area contributed by atoms with Gasteiger partial charge in [-0.15, -0.1) is 0 Å². The van der Waals surface area contributed by atoms with Crippen molar-refractivity contribution < 1.29 is 0 Å². The fourth-order valence-corrected chi connectivity index (χ4v) is 4.16. The van der Waals surface area contributed by atoms with Crippen LogP contribution in [0.1, 0.15) is 57.1 Å². The van der Waals surface area contributed by atoms with Gasteiger partial charge in [0.2, 0.25) is 5.95 Å². The highest BCUT2D eigenvalue weighted by Crippen LogP contribution is 2.24. The van der Waals surface area contributed by atoms with Crippen molar-refractivity contribution >= 4 is 34.1 Å². The van der Waals surface area contributed by atoms with Crippen LogP contribution in [0.5, 0.6) is 0 Å². The number of fused-ring (bicyclic) bond motifs is 1. The summed E-state index contributed by atoms with van der Waals surface area (Å²) in [5.41, 5.74) is 1.98. The maximum atomic E-state index is 6.10. The lowest BCUT2D eigenvalue weighted by atomic mass is 10.1. The number of hydrogen-bond donors (Lipinski definition) is 1. The van der Waals surface area contributed by atoms with Crippen LogP contribution in [-0.4, -0.2) is 39.6 Å². The average molecular weight is 439 g/mol. The van der Waals surface area contributed by atoms with Gasteiger partial charge in [-0.05, 0) is 56.4 Å². The Morgan fingerprint density at radius 1 is 0.968 bits per heavy atom. The van der Waals surface area contributed by atoms with Crippen molar-refractivity contribution in [2.45, 2.75) is 58.3 Å². The number of benzene rings is 1. The molecule has 1 fully saturated rings. The van der Waals surface area contributed by atoms with E-state index in [-0.39, 0.29) is 0 Å². The van der Waals surface area contributed by atoms with Crippen molar-refractivity contribution in [2.24, 2.45) is 0 Å². The number of aromatic nitrogens is 4. The van der Waals surface area contributed by atoms with E-state index in [1.807, 2.05) is 30.5 Å². The Kier molecular flexibility index (Phi) is 7.52. The van der Waals surface area contributed by atoms with E-state index < -0.39 is 0 Å². The van der Waals surface area contributed by atoms with Crippen molar-refractivity contribution in [3.63, 3.8) is 0 Å². The quantitative estimate of drug-likeness (QED) is 0.448. The fraction of sp³-hybridized carbons (Fsp3) is 0.500. The molecule has 7 heteroatoms. The zero-order chi connectivity index (χ0) is 21.5. The van der Waals surface area contributed by atoms with E-state index >= 15 is 0 Å². The molecule has 0 radical (unpaired) electrons. The molecule has 0 aliphatic carbocycles. The van der Waals surface area contributed by atoms with E-state index in [4.69, 9.17) is 26.6 Å². The Morgan fingerprint density at radius 3 is 2.52 bits per heavy atom. The van der Waals surface area contributed by atoms with E-state index in [1.54, 1.807) is 0 Å². The normalized spacial score (nSPS) is 14.2. The summed E-state index contributed by atoms with van der Waals surface area (Å²) in [6, 6.07) is 7.83. The van der Waals surface area contributed by atoms with Crippen LogP contribution in [0.25, 0.3) is 10.9 Å². The van der Waals surface area contributed by atoms with Gasteiger partial charge < -0.3 is 10.2 Å². The van der Waals surface area contributed by atoms with Crippen LogP contribution >= 0.6 is 11.6 Å². The lowest BCUT2D eigenvalue weighted by Gasteiger charge is -2.27. The zero-order valence-corrected chi connectivity index (χ0v) is 19.0. The first kappa shape index (κ1) is 21.8. The molecule has 1 N–H and O–H groups in total. The topological polar surface area (TPSA) is 66.8 Å². The van der Waals surface area contributed by atoms with Gasteiger partial charge in [-0.3, -0.25) is 4.98 Å². The molecule has 0 saturated carbocycles. The number of aryl methyl sites for hydroxylation is 2. The number of rotatable bonds is 9. The first-order chi connectivity index (χ1) is 15.2. The van der Waals surface area contributed by atoms with Gasteiger partial charge in [0.1, 0.15) is 11.6 Å². The first-order valence-electron chi connectivity index (χ1n) is 11.5. The molecule has 4 rings (SSSR count). The Balaban J connectivity index is 1.40. The molecular formula is C24H31ClN6. The van der Waals surface area contributed by atoms with Crippen molar-refractivity contribution in [3.8, 4) is 0 Å². The maximum absolute atomic E-state index is 6.10. The maximum Gasteiger partial charge on any atom is 0.228 e. The molecule has 1 saturated heterocycles. The van der Waals surface area contributed by atoms with Crippen LogP contribution in [0.4, 0.5) is 11.6 Å². The van der Waals surface area contributed by atoms with Gasteiger partial charge in [-0.2, -0.15) is 9.97 Å². The summed E-state index contributed by atoms with van der Waals surface area (Å²) in [6.07, 6.45) is 10.5. The Morgan fingerprint density at radius 2 is 1.74 bits per heavy atom. The molecule has 0 amide bonds. The van der Waals surface area contributed by atoms with Crippen LogP contribution in [-0.2, 0) is 12.8 Å². The van der Waals surface area contributed by atoms with Gasteiger partial charge in [0.25, 0.3) is 0 Å². The summed E-state index contributed by atoms with van der Waals surface area (Å²) >= 11 is 6.10. The van der Waals surface area contributed by atoms with Gasteiger partial charge in [0.15, 0.2) is 0 Å². The fourth-order valence-electron chi connectivity index (χ4n) is 3.99. The standard InChI is InChI=1S/C24H31ClN6/c1-2-3-8-22-28-23(30-24(29-22)31-15-5-4-6-16-31)9-7-13-26-20-12-14-27-21-17-18(25)10-11-19(20)21/h10-12,14,17H,2-9,13,15-16H2,1H3,(H,26,27). The second-order valence-corrected chi connectivity index (χ2v) is 8.61. The third-order valence-electron chi connectivity index (χ3n) is 5.71. The molecule has 31 heavy (non-hydrogen) atoms. The minimum absolute atomic E-state index is 0.704. The number of nitrogens with zero attached hydrogens (tertiary/aromatic N) is 5. The third kappa shape index (κ3) is 5.82. The second kappa shape index (κ2) is 10.7. The summed E-state index contributed by atoms with van der Waals surface area (Å²) in [7, 11) is 0. The van der Waals surface area contributed by atoms with E-state index in [1.165, 1.54) is 19.3 Å². The summed E-state index contributed by atoms with van der Waals surface area (Å²) in [5.74, 6) is 2.73. The highest BCUT2D eigenvalue weighted by molar-refractivity contribution is 6.31. The lowest BCUT2D eigenvalue weighted by molar-refractivity contribution is 0.562. The monoisotopic (exact) mass is 438 g/mol. The minimum atomic E-state index is 0.704. The molecule has 0 bridgehead atoms. The third-order valence-corrected chi connectivity index (χ3v) is 5.94. The zero-order valence-electron chi connectivity index (χ0n) is 18.3. The highest BCUT2D eigenvalue weighted by atomic mass is 35.5. The summed E-state index contributed by atoms with van der Waals surface area (Å²) in [6.45, 7) is 5.15. The molecule has 1 aromatic carbocycles. The molecular weight excluding hydrogens is 408 g/mol. The molecule has 1 aliphatic heterocycles. The number of halogens is 1. The molecule has 2 aromatic heterocycles. The van der Waals surface area contributed by atoms with E-state index in [2.05, 4.69) is 22.1 Å². The van der Waals surface area contributed by atoms with Crippen LogP contribution in [0, 0.1) is 0 Å². The molecule has 3 heterocycles. The summed E-state index contributed by atoms with van der Waals surface area (Å²) in [4.78, 5) is 21.1. The molecule has 0 spiro atoms. The van der Waals surface area contributed by atoms with Crippen molar-refractivity contribution in [1.29, 1.82) is 0 Å². The highest BCUT2D eigenvalue weighted by Gasteiger charge is 2.16. The molecule has 0 atom stereocenters. The first-order valence-corrected chi connectivity index (χ1v) is 11.9. The van der Waals surface area contributed by atoms with Crippen LogP contribution in [0.15, 0.2) is 30.5 Å². The van der Waals surface area contributed by atoms with Crippen molar-refractivity contribution in [3.05, 3.63) is 47.1 Å². The van der Waals surface area contributed by atoms with Gasteiger partial charge >= 0.3 is 0 Å². The van der Waals surface area contributed by atoms with E-state index in [9.17, 15) is 0 Å². The molecule has 6 nitrogen and oxygen atoms in total. The Bertz CT molecular complexity index is 1000. The number of anilines is 2. The Labute approximate surface area is 189 Å². The van der Waals surface area contributed by atoms with Crippen molar-refractivity contribution in [1.82, 2.24) is 19.9 Å². The predicted octanol–water partition coefficient (Wildman–Crippen LogP) is 5.45. The number of piperidine rings is 1. The minimum Gasteiger partial charge on any atom is -0.384 e. The SMILES string of the molecule is CCCCc1nc(CCCNc2ccnc3cc(Cl)ccc23)nc(N2CCCCC2)n1. The van der Waals surface area contributed by atoms with Crippen LogP contribution in [0.3, 0.4) is 0 Å². The van der Waals surface area contributed by atoms with Gasteiger partial charge in [-0.1, -0.05) is 24.9 Å². The summed E-state index contributed by atoms with van der Waals surface area (Å²) in [5, 5.41) is 5.33. The lowest BCUT2D eigenvalue weighted by Crippen LogP contribution is -2.31. The number of nitrogens with one attached hydrogen (secondary N) is 1. The number of unbranched alkanes of at least 4 members (excludes halogenated alkanes) is 1. The van der Waals surface area contributed by atoms with Gasteiger partial charge in [0.05, 0.1) is 5.52 Å². The molecule has 164 valence electrons. The van der Waals surface area contributed by atoms with Crippen LogP contribution in [0.2, 0.25) is 5.02 Å². The average Bonchev–Trinajstić information content (AvgIpc) is 2.81. The molecule has 3 aromatic rings. The van der Waals surface area contributed by atoms with Gasteiger partial charge in [0, 0.05) is 54.8 Å². The molecule has 1 aliphatic rings.